The predicted molar refractivity (Wildman–Crippen MR) is 77.9 cm³/mol. The minimum Gasteiger partial charge on any atom is -0.544 e. The summed E-state index contributed by atoms with van der Waals surface area (Å²) in [4.78, 5) is 22.9. The van der Waals surface area contributed by atoms with E-state index in [1.54, 1.807) is 12.1 Å². The molecular formula is C15H22N2O5. The first-order chi connectivity index (χ1) is 10.5. The van der Waals surface area contributed by atoms with Gasteiger partial charge in [0.2, 0.25) is 5.91 Å². The quantitative estimate of drug-likeness (QED) is 0.433. The number of carbonyl (C=O) groups is 2. The van der Waals surface area contributed by atoms with Crippen molar-refractivity contribution in [2.75, 3.05) is 31.7 Å². The van der Waals surface area contributed by atoms with Crippen molar-refractivity contribution in [3.63, 3.8) is 0 Å². The van der Waals surface area contributed by atoms with Crippen LogP contribution in [0.4, 0.5) is 5.69 Å². The van der Waals surface area contributed by atoms with Gasteiger partial charge in [0.25, 0.3) is 0 Å². The number of amides is 1. The Kier molecular flexibility index (Phi) is 8.13. The minimum atomic E-state index is -1.29. The molecule has 0 bridgehead atoms. The SMILES string of the molecule is Cc1cccc(NC(=O)C[C@H]([NH2+]CCOCCO)C(=O)[O-])c1. The number of benzene rings is 1. The Morgan fingerprint density at radius 1 is 1.41 bits per heavy atom. The molecule has 4 N–H and O–H groups in total. The van der Waals surface area contributed by atoms with Crippen molar-refractivity contribution in [1.82, 2.24) is 0 Å². The molecule has 0 aliphatic heterocycles. The van der Waals surface area contributed by atoms with Gasteiger partial charge in [0.15, 0.2) is 0 Å². The van der Waals surface area contributed by atoms with Gasteiger partial charge in [-0.3, -0.25) is 4.79 Å². The van der Waals surface area contributed by atoms with Crippen LogP contribution in [-0.4, -0.2) is 49.4 Å². The molecule has 7 heteroatoms. The maximum atomic E-state index is 11.9. The molecule has 122 valence electrons. The van der Waals surface area contributed by atoms with Gasteiger partial charge in [-0.15, -0.1) is 0 Å². The third kappa shape index (κ3) is 7.16. The van der Waals surface area contributed by atoms with Gasteiger partial charge >= 0.3 is 0 Å². The zero-order chi connectivity index (χ0) is 16.4. The van der Waals surface area contributed by atoms with Crippen molar-refractivity contribution < 1.29 is 29.9 Å². The number of anilines is 1. The van der Waals surface area contributed by atoms with E-state index in [-0.39, 0.29) is 25.5 Å². The summed E-state index contributed by atoms with van der Waals surface area (Å²) in [6, 6.07) is 6.29. The van der Waals surface area contributed by atoms with Crippen molar-refractivity contribution in [2.45, 2.75) is 19.4 Å². The number of aliphatic hydroxyl groups is 1. The maximum absolute atomic E-state index is 11.9. The Morgan fingerprint density at radius 3 is 2.82 bits per heavy atom. The second-order valence-corrected chi connectivity index (χ2v) is 4.91. The molecule has 0 aliphatic rings. The fraction of sp³-hybridized carbons (Fsp3) is 0.467. The van der Waals surface area contributed by atoms with Crippen LogP contribution in [-0.2, 0) is 14.3 Å². The van der Waals surface area contributed by atoms with Gasteiger partial charge in [-0.1, -0.05) is 12.1 Å². The van der Waals surface area contributed by atoms with E-state index in [1.807, 2.05) is 19.1 Å². The Labute approximate surface area is 129 Å². The van der Waals surface area contributed by atoms with E-state index in [0.717, 1.165) is 5.56 Å². The smallest absolute Gasteiger partial charge is 0.230 e. The van der Waals surface area contributed by atoms with Crippen LogP contribution in [0.1, 0.15) is 12.0 Å². The number of nitrogens with two attached hydrogens (primary N) is 1. The zero-order valence-corrected chi connectivity index (χ0v) is 12.6. The van der Waals surface area contributed by atoms with Gasteiger partial charge < -0.3 is 30.4 Å². The van der Waals surface area contributed by atoms with E-state index < -0.39 is 12.0 Å². The van der Waals surface area contributed by atoms with Crippen LogP contribution >= 0.6 is 0 Å². The molecule has 1 amide bonds. The van der Waals surface area contributed by atoms with Crippen LogP contribution in [0.25, 0.3) is 0 Å². The highest BCUT2D eigenvalue weighted by Crippen LogP contribution is 2.09. The molecule has 0 fully saturated rings. The number of quaternary nitrogens is 1. The van der Waals surface area contributed by atoms with Gasteiger partial charge in [0, 0.05) is 5.69 Å². The van der Waals surface area contributed by atoms with E-state index in [1.165, 1.54) is 5.32 Å². The maximum Gasteiger partial charge on any atom is 0.230 e. The third-order valence-electron chi connectivity index (χ3n) is 2.96. The molecule has 1 atom stereocenters. The number of hydrogen-bond donors (Lipinski definition) is 3. The Bertz CT molecular complexity index is 493. The molecule has 22 heavy (non-hydrogen) atoms. The van der Waals surface area contributed by atoms with Crippen molar-refractivity contribution in [3.05, 3.63) is 29.8 Å². The van der Waals surface area contributed by atoms with E-state index in [9.17, 15) is 14.7 Å². The second kappa shape index (κ2) is 9.88. The first-order valence-corrected chi connectivity index (χ1v) is 7.12. The largest absolute Gasteiger partial charge is 0.544 e. The number of carbonyl (C=O) groups excluding carboxylic acids is 2. The molecular weight excluding hydrogens is 288 g/mol. The van der Waals surface area contributed by atoms with Gasteiger partial charge in [-0.2, -0.15) is 0 Å². The summed E-state index contributed by atoms with van der Waals surface area (Å²) < 4.78 is 5.03. The monoisotopic (exact) mass is 310 g/mol. The van der Waals surface area contributed by atoms with Gasteiger partial charge in [-0.25, -0.2) is 0 Å². The van der Waals surface area contributed by atoms with Crippen LogP contribution in [0.5, 0.6) is 0 Å². The van der Waals surface area contributed by atoms with Crippen LogP contribution in [0.3, 0.4) is 0 Å². The first-order valence-electron chi connectivity index (χ1n) is 7.12. The molecule has 0 saturated carbocycles. The van der Waals surface area contributed by atoms with Crippen molar-refractivity contribution in [1.29, 1.82) is 0 Å². The predicted octanol–water partition coefficient (Wildman–Crippen LogP) is -1.99. The highest BCUT2D eigenvalue weighted by Gasteiger charge is 2.18. The Morgan fingerprint density at radius 2 is 2.18 bits per heavy atom. The molecule has 0 unspecified atom stereocenters. The highest BCUT2D eigenvalue weighted by atomic mass is 16.5. The fourth-order valence-electron chi connectivity index (χ4n) is 1.92. The van der Waals surface area contributed by atoms with Gasteiger partial charge in [-0.05, 0) is 24.6 Å². The van der Waals surface area contributed by atoms with Crippen molar-refractivity contribution >= 4 is 17.6 Å². The second-order valence-electron chi connectivity index (χ2n) is 4.91. The summed E-state index contributed by atoms with van der Waals surface area (Å²) in [6.07, 6.45) is -0.184. The normalized spacial score (nSPS) is 11.9. The van der Waals surface area contributed by atoms with Crippen molar-refractivity contribution in [2.24, 2.45) is 0 Å². The topological polar surface area (TPSA) is 115 Å². The zero-order valence-electron chi connectivity index (χ0n) is 12.6. The van der Waals surface area contributed by atoms with E-state index in [4.69, 9.17) is 9.84 Å². The number of hydrogen-bond acceptors (Lipinski definition) is 5. The van der Waals surface area contributed by atoms with Crippen LogP contribution < -0.4 is 15.7 Å². The average molecular weight is 310 g/mol. The molecule has 1 rings (SSSR count). The summed E-state index contributed by atoms with van der Waals surface area (Å²) >= 11 is 0. The molecule has 1 aromatic carbocycles. The lowest BCUT2D eigenvalue weighted by atomic mass is 10.2. The van der Waals surface area contributed by atoms with Gasteiger partial charge in [0.1, 0.15) is 6.04 Å². The lowest BCUT2D eigenvalue weighted by molar-refractivity contribution is -0.683. The molecule has 0 saturated heterocycles. The number of carboxylic acid groups (broad SMARTS) is 1. The van der Waals surface area contributed by atoms with Gasteiger partial charge in [0.05, 0.1) is 38.8 Å². The molecule has 0 heterocycles. The fourth-order valence-corrected chi connectivity index (χ4v) is 1.92. The summed E-state index contributed by atoms with van der Waals surface area (Å²) in [6.45, 7) is 2.69. The Balaban J connectivity index is 2.41. The lowest BCUT2D eigenvalue weighted by Crippen LogP contribution is -2.94. The number of aliphatic carboxylic acids is 1. The number of aryl methyl sites for hydroxylation is 1. The average Bonchev–Trinajstić information content (AvgIpc) is 2.45. The number of rotatable bonds is 10. The first kappa shape index (κ1) is 18.1. The van der Waals surface area contributed by atoms with Crippen LogP contribution in [0, 0.1) is 6.92 Å². The van der Waals surface area contributed by atoms with E-state index >= 15 is 0 Å². The lowest BCUT2D eigenvalue weighted by Gasteiger charge is -2.16. The highest BCUT2D eigenvalue weighted by molar-refractivity contribution is 5.93. The molecule has 0 radical (unpaired) electrons. The van der Waals surface area contributed by atoms with Crippen molar-refractivity contribution in [3.8, 4) is 0 Å². The van der Waals surface area contributed by atoms with Crippen LogP contribution in [0.2, 0.25) is 0 Å². The number of carboxylic acids is 1. The molecule has 1 aromatic rings. The number of aliphatic hydroxyl groups excluding tert-OH is 1. The summed E-state index contributed by atoms with van der Waals surface area (Å²) in [5, 5.41) is 23.8. The summed E-state index contributed by atoms with van der Waals surface area (Å²) in [7, 11) is 0. The third-order valence-corrected chi connectivity index (χ3v) is 2.96. The Hall–Kier alpha value is -1.96. The van der Waals surface area contributed by atoms with E-state index in [2.05, 4.69) is 5.32 Å². The number of ether oxygens (including phenoxy) is 1. The molecule has 7 nitrogen and oxygen atoms in total. The minimum absolute atomic E-state index is 0.0805. The van der Waals surface area contributed by atoms with Crippen LogP contribution in [0.15, 0.2) is 24.3 Å². The standard InChI is InChI=1S/C15H22N2O5/c1-11-3-2-4-12(9-11)17-14(19)10-13(15(20)21)16-5-7-22-8-6-18/h2-4,9,13,16,18H,5-8,10H2,1H3,(H,17,19)(H,20,21)/t13-/m0/s1. The summed E-state index contributed by atoms with van der Waals surface area (Å²) in [5.74, 6) is -1.67. The molecule has 0 aromatic heterocycles. The van der Waals surface area contributed by atoms with E-state index in [0.29, 0.717) is 18.8 Å². The molecule has 0 spiro atoms. The number of nitrogens with one attached hydrogen (secondary N) is 1. The molecule has 0 aliphatic carbocycles. The summed E-state index contributed by atoms with van der Waals surface area (Å²) in [5.41, 5.74) is 1.63.